The van der Waals surface area contributed by atoms with Crippen LogP contribution in [0, 0.1) is 23.2 Å². The number of hydrogen-bond acceptors (Lipinski definition) is 6. The van der Waals surface area contributed by atoms with Crippen LogP contribution in [-0.2, 0) is 19.1 Å². The minimum atomic E-state index is -0.760. The molecule has 3 rings (SSSR count). The van der Waals surface area contributed by atoms with Gasteiger partial charge in [-0.3, -0.25) is 14.4 Å². The Hall–Kier alpha value is -0.800. The molecule has 0 aromatic heterocycles. The highest BCUT2D eigenvalue weighted by Gasteiger charge is 2.76. The van der Waals surface area contributed by atoms with E-state index in [0.29, 0.717) is 12.8 Å². The average molecular weight is 576 g/mol. The third-order valence-corrected chi connectivity index (χ3v) is 10.5. The van der Waals surface area contributed by atoms with Crippen molar-refractivity contribution in [1.82, 2.24) is 10.2 Å². The van der Waals surface area contributed by atoms with Gasteiger partial charge in [0, 0.05) is 15.6 Å². The van der Waals surface area contributed by atoms with Gasteiger partial charge in [-0.15, -0.1) is 11.8 Å². The monoisotopic (exact) mass is 574 g/mol. The molecule has 2 bridgehead atoms. The summed E-state index contributed by atoms with van der Waals surface area (Å²) >= 11 is 5.36. The summed E-state index contributed by atoms with van der Waals surface area (Å²) < 4.78 is 4.67. The lowest BCUT2D eigenvalue weighted by Gasteiger charge is -2.41. The molecule has 2 N–H and O–H groups in total. The molecular formula is C26H43BrN2O5S. The first-order valence-corrected chi connectivity index (χ1v) is 14.6. The number of nitrogens with zero attached hydrogens (tertiary/aromatic N) is 1. The molecule has 35 heavy (non-hydrogen) atoms. The Morgan fingerprint density at radius 2 is 1.91 bits per heavy atom. The molecule has 200 valence electrons. The predicted molar refractivity (Wildman–Crippen MR) is 142 cm³/mol. The lowest BCUT2D eigenvalue weighted by Crippen LogP contribution is -2.60. The van der Waals surface area contributed by atoms with Crippen molar-refractivity contribution in [3.63, 3.8) is 0 Å². The Morgan fingerprint density at radius 3 is 2.43 bits per heavy atom. The summed E-state index contributed by atoms with van der Waals surface area (Å²) in [6, 6.07) is -1.25. The van der Waals surface area contributed by atoms with E-state index < -0.39 is 34.2 Å². The topological polar surface area (TPSA) is 95.9 Å². The molecule has 3 aliphatic rings. The minimum absolute atomic E-state index is 0.00136. The third kappa shape index (κ3) is 5.42. The van der Waals surface area contributed by atoms with E-state index in [9.17, 15) is 19.5 Å². The summed E-state index contributed by atoms with van der Waals surface area (Å²) in [4.78, 5) is 42.9. The fourth-order valence-electron chi connectivity index (χ4n) is 6.86. The summed E-state index contributed by atoms with van der Waals surface area (Å²) in [6.07, 6.45) is 1.96. The number of hydrogen-bond donors (Lipinski definition) is 2. The molecule has 3 unspecified atom stereocenters. The summed E-state index contributed by atoms with van der Waals surface area (Å²) in [5.74, 6) is -1.78. The molecule has 9 heteroatoms. The smallest absolute Gasteiger partial charge is 0.310 e. The van der Waals surface area contributed by atoms with E-state index in [1.807, 2.05) is 27.7 Å². The fourth-order valence-corrected chi connectivity index (χ4v) is 10.4. The van der Waals surface area contributed by atoms with E-state index in [1.165, 1.54) is 0 Å². The number of rotatable bonds is 9. The van der Waals surface area contributed by atoms with Gasteiger partial charge in [0.05, 0.1) is 35.8 Å². The van der Waals surface area contributed by atoms with Crippen LogP contribution in [0.1, 0.15) is 74.7 Å². The van der Waals surface area contributed by atoms with Crippen molar-refractivity contribution in [1.29, 1.82) is 0 Å². The number of alkyl halides is 1. The molecule has 1 spiro atoms. The van der Waals surface area contributed by atoms with Crippen LogP contribution in [0.5, 0.6) is 0 Å². The highest BCUT2D eigenvalue weighted by atomic mass is 79.9. The van der Waals surface area contributed by atoms with E-state index in [2.05, 4.69) is 42.0 Å². The number of thioether (sulfide) groups is 1. The molecule has 2 amide bonds. The maximum Gasteiger partial charge on any atom is 0.310 e. The molecule has 0 saturated carbocycles. The molecule has 3 saturated heterocycles. The maximum absolute atomic E-state index is 14.1. The van der Waals surface area contributed by atoms with Crippen LogP contribution in [0.3, 0.4) is 0 Å². The zero-order chi connectivity index (χ0) is 26.5. The second-order valence-corrected chi connectivity index (χ2v) is 15.5. The molecule has 3 heterocycles. The van der Waals surface area contributed by atoms with Gasteiger partial charge in [0.2, 0.25) is 11.8 Å². The summed E-state index contributed by atoms with van der Waals surface area (Å²) in [5.41, 5.74) is -0.480. The van der Waals surface area contributed by atoms with Crippen LogP contribution >= 0.6 is 27.7 Å². The van der Waals surface area contributed by atoms with Crippen LogP contribution < -0.4 is 5.32 Å². The van der Waals surface area contributed by atoms with Crippen molar-refractivity contribution >= 4 is 45.5 Å². The number of aliphatic hydroxyl groups excluding tert-OH is 1. The third-order valence-electron chi connectivity index (χ3n) is 7.32. The molecule has 0 radical (unpaired) electrons. The number of nitrogens with one attached hydrogen (secondary N) is 1. The second kappa shape index (κ2) is 10.2. The first kappa shape index (κ1) is 28.8. The number of ether oxygens (including phenoxy) is 1. The van der Waals surface area contributed by atoms with Crippen molar-refractivity contribution in [2.75, 3.05) is 13.2 Å². The number of amides is 2. The molecule has 3 aliphatic heterocycles. The molecule has 7 atom stereocenters. The number of carbonyl (C=O) groups excluding carboxylic acids is 3. The maximum atomic E-state index is 14.1. The quantitative estimate of drug-likeness (QED) is 0.321. The van der Waals surface area contributed by atoms with Gasteiger partial charge < -0.3 is 20.1 Å². The van der Waals surface area contributed by atoms with E-state index >= 15 is 0 Å². The Labute approximate surface area is 223 Å². The first-order valence-electron chi connectivity index (χ1n) is 12.8. The van der Waals surface area contributed by atoms with Crippen molar-refractivity contribution in [2.24, 2.45) is 23.2 Å². The normalized spacial score (nSPS) is 33.3. The highest BCUT2D eigenvalue weighted by Crippen LogP contribution is 2.68. The molecule has 3 fully saturated rings. The molecular weight excluding hydrogens is 532 g/mol. The van der Waals surface area contributed by atoms with Gasteiger partial charge in [-0.25, -0.2) is 0 Å². The van der Waals surface area contributed by atoms with Crippen molar-refractivity contribution < 1.29 is 24.2 Å². The Balaban J connectivity index is 2.06. The van der Waals surface area contributed by atoms with Crippen LogP contribution in [0.4, 0.5) is 0 Å². The van der Waals surface area contributed by atoms with Crippen LogP contribution in [0.25, 0.3) is 0 Å². The van der Waals surface area contributed by atoms with E-state index in [0.717, 1.165) is 6.42 Å². The molecule has 0 aliphatic carbocycles. The Bertz CT molecular complexity index is 844. The SMILES string of the molecule is CCOC(=O)[C@H]1[C@H]2C(=O)N([C@@H](CO)CC(C)C)C(C(=O)NC(C)(C)CC(C)(C)C)C23CC(Br)[C@@H]1S3. The lowest BCUT2D eigenvalue weighted by atomic mass is 9.71. The van der Waals surface area contributed by atoms with Crippen LogP contribution in [0.15, 0.2) is 0 Å². The number of carbonyl (C=O) groups is 3. The van der Waals surface area contributed by atoms with Gasteiger partial charge in [0.25, 0.3) is 0 Å². The van der Waals surface area contributed by atoms with E-state index in [-0.39, 0.29) is 52.4 Å². The second-order valence-electron chi connectivity index (χ2n) is 12.7. The summed E-state index contributed by atoms with van der Waals surface area (Å²) in [5, 5.41) is 13.5. The van der Waals surface area contributed by atoms with Gasteiger partial charge in [-0.1, -0.05) is 50.5 Å². The first-order chi connectivity index (χ1) is 16.1. The Morgan fingerprint density at radius 1 is 1.29 bits per heavy atom. The van der Waals surface area contributed by atoms with E-state index in [4.69, 9.17) is 4.74 Å². The standard InChI is InChI=1S/C26H43BrN2O5S/c1-9-34-23(33)17-18-22(32)29(15(12-30)10-14(2)3)20(26(18)11-16(27)19(17)35-26)21(31)28-25(7,8)13-24(4,5)6/h14-20,30H,9-13H2,1-8H3,(H,28,31)/t15-,16?,17+,18+,19+,20?,26?/m1/s1. The van der Waals surface area contributed by atoms with Gasteiger partial charge in [-0.2, -0.15) is 0 Å². The predicted octanol–water partition coefficient (Wildman–Crippen LogP) is 3.75. The van der Waals surface area contributed by atoms with Gasteiger partial charge >= 0.3 is 5.97 Å². The minimum Gasteiger partial charge on any atom is -0.466 e. The van der Waals surface area contributed by atoms with Crippen molar-refractivity contribution in [3.05, 3.63) is 0 Å². The number of halogens is 1. The summed E-state index contributed by atoms with van der Waals surface area (Å²) in [7, 11) is 0. The average Bonchev–Trinajstić information content (AvgIpc) is 3.27. The number of likely N-dealkylation sites (tertiary alicyclic amines) is 1. The largest absolute Gasteiger partial charge is 0.466 e. The van der Waals surface area contributed by atoms with Gasteiger partial charge in [-0.05, 0) is 51.4 Å². The molecule has 7 nitrogen and oxygen atoms in total. The van der Waals surface area contributed by atoms with Crippen molar-refractivity contribution in [2.45, 2.75) is 107 Å². The van der Waals surface area contributed by atoms with E-state index in [1.54, 1.807) is 23.6 Å². The highest BCUT2D eigenvalue weighted by molar-refractivity contribution is 9.09. The molecule has 0 aromatic carbocycles. The number of fused-ring (bicyclic) bond motifs is 1. The Kier molecular flexibility index (Phi) is 8.35. The summed E-state index contributed by atoms with van der Waals surface area (Å²) in [6.45, 7) is 16.3. The van der Waals surface area contributed by atoms with Gasteiger partial charge in [0.1, 0.15) is 6.04 Å². The zero-order valence-electron chi connectivity index (χ0n) is 22.4. The lowest BCUT2D eigenvalue weighted by molar-refractivity contribution is -0.154. The number of esters is 1. The number of aliphatic hydroxyl groups is 1. The van der Waals surface area contributed by atoms with Crippen LogP contribution in [-0.4, -0.2) is 73.5 Å². The molecule has 0 aromatic rings. The van der Waals surface area contributed by atoms with Gasteiger partial charge in [0.15, 0.2) is 0 Å². The zero-order valence-corrected chi connectivity index (χ0v) is 24.8. The fraction of sp³-hybridized carbons (Fsp3) is 0.885. The van der Waals surface area contributed by atoms with Crippen LogP contribution in [0.2, 0.25) is 0 Å². The van der Waals surface area contributed by atoms with Crippen molar-refractivity contribution in [3.8, 4) is 0 Å².